The Morgan fingerprint density at radius 1 is 0.963 bits per heavy atom. The zero-order valence-corrected chi connectivity index (χ0v) is 15.4. The van der Waals surface area contributed by atoms with Gasteiger partial charge in [0.05, 0.1) is 12.2 Å². The summed E-state index contributed by atoms with van der Waals surface area (Å²) in [6.45, 7) is 4.45. The number of nitrogens with one attached hydrogen (secondary N) is 2. The zero-order chi connectivity index (χ0) is 19.1. The van der Waals surface area contributed by atoms with E-state index in [1.807, 2.05) is 68.4 Å². The van der Waals surface area contributed by atoms with Crippen LogP contribution in [0.25, 0.3) is 0 Å². The van der Waals surface area contributed by atoms with Crippen LogP contribution in [-0.2, 0) is 6.54 Å². The molecule has 0 radical (unpaired) electrons. The number of rotatable bonds is 4. The van der Waals surface area contributed by atoms with Crippen LogP contribution < -0.4 is 10.6 Å². The average Bonchev–Trinajstić information content (AvgIpc) is 2.71. The van der Waals surface area contributed by atoms with Crippen LogP contribution in [0.4, 0.5) is 5.69 Å². The molecule has 0 atom stereocenters. The van der Waals surface area contributed by atoms with Crippen LogP contribution in [0.2, 0.25) is 0 Å². The lowest BCUT2D eigenvalue weighted by molar-refractivity contribution is 0.0977. The number of hydrogen-bond acceptors (Lipinski definition) is 3. The quantitative estimate of drug-likeness (QED) is 0.545. The normalized spacial score (nSPS) is 11.1. The predicted octanol–water partition coefficient (Wildman–Crippen LogP) is 4.10. The molecule has 2 aromatic carbocycles. The Morgan fingerprint density at radius 3 is 2.48 bits per heavy atom. The van der Waals surface area contributed by atoms with Crippen molar-refractivity contribution in [3.8, 4) is 0 Å². The molecule has 1 aromatic heterocycles. The summed E-state index contributed by atoms with van der Waals surface area (Å²) in [5.74, 6) is 0.177. The lowest BCUT2D eigenvalue weighted by Crippen LogP contribution is -2.36. The fourth-order valence-corrected chi connectivity index (χ4v) is 2.55. The fourth-order valence-electron chi connectivity index (χ4n) is 2.55. The zero-order valence-electron chi connectivity index (χ0n) is 15.4. The van der Waals surface area contributed by atoms with Crippen molar-refractivity contribution in [1.29, 1.82) is 0 Å². The van der Waals surface area contributed by atoms with Gasteiger partial charge in [0.25, 0.3) is 5.91 Å². The fraction of sp³-hybridized carbons (Fsp3) is 0.136. The molecular formula is C22H22N4O. The lowest BCUT2D eigenvalue weighted by atomic mass is 10.1. The first-order valence-electron chi connectivity index (χ1n) is 8.77. The second-order valence-corrected chi connectivity index (χ2v) is 6.18. The molecule has 0 spiro atoms. The summed E-state index contributed by atoms with van der Waals surface area (Å²) in [5.41, 5.74) is 4.58. The van der Waals surface area contributed by atoms with E-state index in [9.17, 15) is 4.79 Å². The minimum Gasteiger partial charge on any atom is -0.326 e. The number of nitrogens with zero attached hydrogens (tertiary/aromatic N) is 2. The van der Waals surface area contributed by atoms with E-state index in [4.69, 9.17) is 0 Å². The second kappa shape index (κ2) is 8.76. The van der Waals surface area contributed by atoms with Gasteiger partial charge >= 0.3 is 0 Å². The molecule has 0 aliphatic rings. The van der Waals surface area contributed by atoms with Crippen LogP contribution in [0.5, 0.6) is 0 Å². The number of carbonyl (C=O) groups excluding carboxylic acids is 1. The highest BCUT2D eigenvalue weighted by Crippen LogP contribution is 2.18. The van der Waals surface area contributed by atoms with Crippen LogP contribution in [0.3, 0.4) is 0 Å². The van der Waals surface area contributed by atoms with E-state index in [1.54, 1.807) is 18.3 Å². The van der Waals surface area contributed by atoms with Crippen LogP contribution in [0, 0.1) is 13.8 Å². The first-order valence-corrected chi connectivity index (χ1v) is 8.77. The van der Waals surface area contributed by atoms with Gasteiger partial charge in [-0.2, -0.15) is 0 Å². The van der Waals surface area contributed by atoms with Gasteiger partial charge < -0.3 is 5.32 Å². The Kier molecular flexibility index (Phi) is 5.94. The van der Waals surface area contributed by atoms with Crippen molar-refractivity contribution in [2.45, 2.75) is 20.4 Å². The van der Waals surface area contributed by atoms with E-state index < -0.39 is 0 Å². The number of pyridine rings is 1. The molecule has 27 heavy (non-hydrogen) atoms. The Morgan fingerprint density at radius 2 is 1.74 bits per heavy atom. The van der Waals surface area contributed by atoms with Crippen LogP contribution in [0.15, 0.2) is 77.9 Å². The van der Waals surface area contributed by atoms with Gasteiger partial charge in [0, 0.05) is 17.4 Å². The van der Waals surface area contributed by atoms with Crippen LogP contribution in [-0.4, -0.2) is 16.9 Å². The van der Waals surface area contributed by atoms with Gasteiger partial charge in [0.2, 0.25) is 5.96 Å². The number of amides is 1. The highest BCUT2D eigenvalue weighted by Gasteiger charge is 2.10. The highest BCUT2D eigenvalue weighted by molar-refractivity contribution is 6.10. The van der Waals surface area contributed by atoms with Gasteiger partial charge in [-0.1, -0.05) is 36.4 Å². The Bertz CT molecular complexity index is 937. The molecule has 0 aliphatic carbocycles. The maximum absolute atomic E-state index is 12.6. The molecule has 0 aliphatic heterocycles. The first-order chi connectivity index (χ1) is 13.1. The van der Waals surface area contributed by atoms with Gasteiger partial charge in [0.15, 0.2) is 0 Å². The topological polar surface area (TPSA) is 66.4 Å². The van der Waals surface area contributed by atoms with Crippen molar-refractivity contribution in [1.82, 2.24) is 10.3 Å². The second-order valence-electron chi connectivity index (χ2n) is 6.18. The van der Waals surface area contributed by atoms with Crippen molar-refractivity contribution in [3.63, 3.8) is 0 Å². The van der Waals surface area contributed by atoms with E-state index in [2.05, 4.69) is 20.6 Å². The molecule has 5 nitrogen and oxygen atoms in total. The molecule has 1 amide bonds. The Balaban J connectivity index is 1.83. The minimum atomic E-state index is -0.215. The largest absolute Gasteiger partial charge is 0.326 e. The maximum atomic E-state index is 12.6. The monoisotopic (exact) mass is 358 g/mol. The summed E-state index contributed by atoms with van der Waals surface area (Å²) in [5, 5.41) is 6.12. The molecule has 3 aromatic rings. The van der Waals surface area contributed by atoms with Crippen molar-refractivity contribution in [2.24, 2.45) is 4.99 Å². The van der Waals surface area contributed by atoms with Crippen LogP contribution in [0.1, 0.15) is 27.2 Å². The van der Waals surface area contributed by atoms with Crippen LogP contribution >= 0.6 is 0 Å². The number of hydrogen-bond donors (Lipinski definition) is 2. The van der Waals surface area contributed by atoms with Gasteiger partial charge in [-0.05, 0) is 55.3 Å². The third-order valence-electron chi connectivity index (χ3n) is 4.25. The molecule has 0 saturated carbocycles. The number of aromatic nitrogens is 1. The van der Waals surface area contributed by atoms with E-state index in [0.717, 1.165) is 16.9 Å². The first kappa shape index (κ1) is 18.3. The van der Waals surface area contributed by atoms with E-state index in [-0.39, 0.29) is 5.91 Å². The maximum Gasteiger partial charge on any atom is 0.257 e. The van der Waals surface area contributed by atoms with E-state index in [0.29, 0.717) is 18.1 Å². The predicted molar refractivity (Wildman–Crippen MR) is 109 cm³/mol. The molecule has 0 saturated heterocycles. The summed E-state index contributed by atoms with van der Waals surface area (Å²) >= 11 is 0. The van der Waals surface area contributed by atoms with Gasteiger partial charge in [-0.3, -0.25) is 15.1 Å². The number of guanidine groups is 1. The average molecular weight is 358 g/mol. The van der Waals surface area contributed by atoms with Gasteiger partial charge in [-0.15, -0.1) is 0 Å². The molecule has 3 rings (SSSR count). The van der Waals surface area contributed by atoms with Crippen molar-refractivity contribution in [2.75, 3.05) is 5.32 Å². The third-order valence-corrected chi connectivity index (χ3v) is 4.25. The summed E-state index contributed by atoms with van der Waals surface area (Å²) in [4.78, 5) is 21.4. The van der Waals surface area contributed by atoms with E-state index in [1.165, 1.54) is 5.56 Å². The third kappa shape index (κ3) is 5.01. The number of anilines is 1. The van der Waals surface area contributed by atoms with Gasteiger partial charge in [0.1, 0.15) is 0 Å². The number of aliphatic imine (C=N–C) groups is 1. The van der Waals surface area contributed by atoms with Crippen molar-refractivity contribution >= 4 is 17.6 Å². The van der Waals surface area contributed by atoms with E-state index >= 15 is 0 Å². The summed E-state index contributed by atoms with van der Waals surface area (Å²) in [7, 11) is 0. The van der Waals surface area contributed by atoms with Crippen molar-refractivity contribution < 1.29 is 4.79 Å². The molecule has 136 valence electrons. The highest BCUT2D eigenvalue weighted by atomic mass is 16.1. The summed E-state index contributed by atoms with van der Waals surface area (Å²) < 4.78 is 0. The standard InChI is InChI=1S/C22H22N4O/c1-16-9-8-13-20(17(16)2)25-22(24-15-19-12-6-7-14-23-19)26-21(27)18-10-4-3-5-11-18/h3-14H,15H2,1-2H3,(H2,24,25,26,27). The lowest BCUT2D eigenvalue weighted by Gasteiger charge is -2.15. The Labute approximate surface area is 159 Å². The molecule has 2 N–H and O–H groups in total. The molecule has 5 heteroatoms. The minimum absolute atomic E-state index is 0.215. The molecular weight excluding hydrogens is 336 g/mol. The van der Waals surface area contributed by atoms with Crippen molar-refractivity contribution in [3.05, 3.63) is 95.3 Å². The molecule has 0 unspecified atom stereocenters. The number of benzene rings is 2. The van der Waals surface area contributed by atoms with Gasteiger partial charge in [-0.25, -0.2) is 4.99 Å². The summed E-state index contributed by atoms with van der Waals surface area (Å²) in [6, 6.07) is 20.7. The SMILES string of the molecule is Cc1cccc(NC(=NCc2ccccn2)NC(=O)c2ccccc2)c1C. The smallest absolute Gasteiger partial charge is 0.257 e. The number of aryl methyl sites for hydroxylation is 1. The Hall–Kier alpha value is -3.47. The molecule has 0 fully saturated rings. The number of carbonyl (C=O) groups is 1. The molecule has 0 bridgehead atoms. The molecule has 1 heterocycles. The summed E-state index contributed by atoms with van der Waals surface area (Å²) in [6.07, 6.45) is 1.73.